The number of amides is 2. The maximum atomic E-state index is 12.4. The number of nitrogens with one attached hydrogen (secondary N) is 1. The second kappa shape index (κ2) is 8.25. The summed E-state index contributed by atoms with van der Waals surface area (Å²) in [6.45, 7) is 7.10. The van der Waals surface area contributed by atoms with Gasteiger partial charge in [-0.1, -0.05) is 30.3 Å². The number of hydrogen-bond donors (Lipinski definition) is 1. The topological polar surface area (TPSA) is 75.7 Å². The lowest BCUT2D eigenvalue weighted by atomic mass is 10.0. The molecule has 1 heterocycles. The highest BCUT2D eigenvalue weighted by molar-refractivity contribution is 6.01. The van der Waals surface area contributed by atoms with Crippen molar-refractivity contribution in [1.82, 2.24) is 10.2 Å². The van der Waals surface area contributed by atoms with Gasteiger partial charge in [0.25, 0.3) is 0 Å². The predicted molar refractivity (Wildman–Crippen MR) is 94.2 cm³/mol. The lowest BCUT2D eigenvalue weighted by Crippen LogP contribution is -2.55. The average molecular weight is 346 g/mol. The Kier molecular flexibility index (Phi) is 6.31. The summed E-state index contributed by atoms with van der Waals surface area (Å²) in [4.78, 5) is 38.5. The van der Waals surface area contributed by atoms with Crippen molar-refractivity contribution in [3.8, 4) is 0 Å². The first-order valence-corrected chi connectivity index (χ1v) is 8.58. The number of morpholine rings is 1. The summed E-state index contributed by atoms with van der Waals surface area (Å²) in [6.07, 6.45) is 0.195. The molecule has 2 amide bonds. The van der Waals surface area contributed by atoms with Crippen LogP contribution in [0.15, 0.2) is 30.3 Å². The van der Waals surface area contributed by atoms with Crippen molar-refractivity contribution in [3.05, 3.63) is 35.9 Å². The highest BCUT2D eigenvalue weighted by Gasteiger charge is 2.33. The minimum atomic E-state index is -0.621. The number of rotatable bonds is 6. The first-order valence-electron chi connectivity index (χ1n) is 8.58. The Morgan fingerprint density at radius 3 is 2.52 bits per heavy atom. The van der Waals surface area contributed by atoms with Gasteiger partial charge in [0.1, 0.15) is 0 Å². The molecule has 1 saturated heterocycles. The van der Waals surface area contributed by atoms with Crippen molar-refractivity contribution >= 4 is 17.6 Å². The zero-order valence-corrected chi connectivity index (χ0v) is 15.1. The molecule has 1 fully saturated rings. The van der Waals surface area contributed by atoms with Crippen LogP contribution in [-0.4, -0.2) is 53.8 Å². The van der Waals surface area contributed by atoms with E-state index >= 15 is 0 Å². The van der Waals surface area contributed by atoms with Crippen LogP contribution >= 0.6 is 0 Å². The van der Waals surface area contributed by atoms with E-state index < -0.39 is 6.04 Å². The molecule has 1 atom stereocenters. The zero-order chi connectivity index (χ0) is 18.4. The fraction of sp³-hybridized carbons (Fsp3) is 0.526. The van der Waals surface area contributed by atoms with Crippen LogP contribution in [0, 0.1) is 0 Å². The maximum Gasteiger partial charge on any atom is 0.223 e. The number of benzene rings is 1. The van der Waals surface area contributed by atoms with Gasteiger partial charge in [-0.25, -0.2) is 0 Å². The Labute approximate surface area is 148 Å². The van der Waals surface area contributed by atoms with E-state index in [4.69, 9.17) is 4.74 Å². The molecule has 0 aromatic heterocycles. The van der Waals surface area contributed by atoms with Gasteiger partial charge in [-0.2, -0.15) is 0 Å². The Balaban J connectivity index is 1.82. The number of nitrogens with zero attached hydrogens (tertiary/aromatic N) is 1. The quantitative estimate of drug-likeness (QED) is 0.797. The summed E-state index contributed by atoms with van der Waals surface area (Å²) in [6, 6.07) is 8.21. The third-order valence-corrected chi connectivity index (χ3v) is 4.34. The summed E-state index contributed by atoms with van der Waals surface area (Å²) in [5, 5.41) is 2.67. The van der Waals surface area contributed by atoms with Crippen molar-refractivity contribution in [2.75, 3.05) is 19.8 Å². The Morgan fingerprint density at radius 2 is 1.88 bits per heavy atom. The molecule has 25 heavy (non-hydrogen) atoms. The van der Waals surface area contributed by atoms with E-state index in [0.29, 0.717) is 25.3 Å². The third kappa shape index (κ3) is 5.13. The first kappa shape index (κ1) is 19.1. The van der Waals surface area contributed by atoms with Crippen LogP contribution in [0.4, 0.5) is 0 Å². The SMILES string of the molecule is C[C@H](NC(=O)CCC(=O)N1CCOCC1(C)C)C(=O)c1ccccc1. The van der Waals surface area contributed by atoms with E-state index in [1.165, 1.54) is 0 Å². The molecule has 1 aliphatic heterocycles. The monoisotopic (exact) mass is 346 g/mol. The van der Waals surface area contributed by atoms with Crippen LogP contribution in [-0.2, 0) is 14.3 Å². The second-order valence-electron chi connectivity index (χ2n) is 6.93. The van der Waals surface area contributed by atoms with E-state index in [1.807, 2.05) is 19.9 Å². The minimum Gasteiger partial charge on any atom is -0.377 e. The van der Waals surface area contributed by atoms with Crippen LogP contribution in [0.5, 0.6) is 0 Å². The lowest BCUT2D eigenvalue weighted by molar-refractivity contribution is -0.147. The van der Waals surface area contributed by atoms with Gasteiger partial charge in [0, 0.05) is 24.9 Å². The molecule has 0 spiro atoms. The number of Topliss-reactive ketones (excluding diaryl/α,β-unsaturated/α-hetero) is 1. The lowest BCUT2D eigenvalue weighted by Gasteiger charge is -2.42. The van der Waals surface area contributed by atoms with Gasteiger partial charge >= 0.3 is 0 Å². The van der Waals surface area contributed by atoms with Crippen molar-refractivity contribution in [2.45, 2.75) is 45.2 Å². The summed E-state index contributed by atoms with van der Waals surface area (Å²) in [5.74, 6) is -0.503. The highest BCUT2D eigenvalue weighted by Crippen LogP contribution is 2.20. The fourth-order valence-electron chi connectivity index (χ4n) is 2.91. The minimum absolute atomic E-state index is 0.0644. The van der Waals surface area contributed by atoms with Crippen LogP contribution in [0.25, 0.3) is 0 Å². The molecule has 0 aliphatic carbocycles. The van der Waals surface area contributed by atoms with E-state index in [9.17, 15) is 14.4 Å². The van der Waals surface area contributed by atoms with Gasteiger partial charge in [0.2, 0.25) is 11.8 Å². The molecule has 136 valence electrons. The molecule has 0 saturated carbocycles. The fourth-order valence-corrected chi connectivity index (χ4v) is 2.91. The van der Waals surface area contributed by atoms with Crippen molar-refractivity contribution in [2.24, 2.45) is 0 Å². The van der Waals surface area contributed by atoms with Crippen LogP contribution < -0.4 is 5.32 Å². The Hall–Kier alpha value is -2.21. The molecule has 0 bridgehead atoms. The van der Waals surface area contributed by atoms with E-state index in [2.05, 4.69) is 5.32 Å². The smallest absolute Gasteiger partial charge is 0.223 e. The van der Waals surface area contributed by atoms with E-state index in [0.717, 1.165) is 0 Å². The van der Waals surface area contributed by atoms with Crippen LogP contribution in [0.3, 0.4) is 0 Å². The highest BCUT2D eigenvalue weighted by atomic mass is 16.5. The van der Waals surface area contributed by atoms with Gasteiger partial charge < -0.3 is 15.0 Å². The van der Waals surface area contributed by atoms with Crippen LogP contribution in [0.1, 0.15) is 44.0 Å². The van der Waals surface area contributed by atoms with Gasteiger partial charge in [0.15, 0.2) is 5.78 Å². The molecule has 2 rings (SSSR count). The predicted octanol–water partition coefficient (Wildman–Crippen LogP) is 1.79. The van der Waals surface area contributed by atoms with Gasteiger partial charge in [-0.3, -0.25) is 14.4 Å². The van der Waals surface area contributed by atoms with E-state index in [-0.39, 0.29) is 36.0 Å². The molecular formula is C19H26N2O4. The molecular weight excluding hydrogens is 320 g/mol. The molecule has 1 aliphatic rings. The van der Waals surface area contributed by atoms with Crippen molar-refractivity contribution in [1.29, 1.82) is 0 Å². The molecule has 1 aromatic rings. The number of hydrogen-bond acceptors (Lipinski definition) is 4. The number of carbonyl (C=O) groups excluding carboxylic acids is 3. The summed E-state index contributed by atoms with van der Waals surface area (Å²) in [5.41, 5.74) is 0.198. The Morgan fingerprint density at radius 1 is 1.20 bits per heavy atom. The summed E-state index contributed by atoms with van der Waals surface area (Å²) in [7, 11) is 0. The summed E-state index contributed by atoms with van der Waals surface area (Å²) < 4.78 is 5.40. The molecule has 1 N–H and O–H groups in total. The number of ether oxygens (including phenoxy) is 1. The molecule has 0 unspecified atom stereocenters. The van der Waals surface area contributed by atoms with Gasteiger partial charge in [-0.15, -0.1) is 0 Å². The largest absolute Gasteiger partial charge is 0.377 e. The first-order chi connectivity index (χ1) is 11.8. The number of carbonyl (C=O) groups is 3. The second-order valence-corrected chi connectivity index (χ2v) is 6.93. The molecule has 0 radical (unpaired) electrons. The van der Waals surface area contributed by atoms with Crippen molar-refractivity contribution < 1.29 is 19.1 Å². The average Bonchev–Trinajstić information content (AvgIpc) is 2.59. The van der Waals surface area contributed by atoms with E-state index in [1.54, 1.807) is 36.1 Å². The molecule has 1 aromatic carbocycles. The Bertz CT molecular complexity index is 628. The van der Waals surface area contributed by atoms with Gasteiger partial charge in [-0.05, 0) is 20.8 Å². The van der Waals surface area contributed by atoms with Crippen LogP contribution in [0.2, 0.25) is 0 Å². The standard InChI is InChI=1S/C19H26N2O4/c1-14(18(24)15-7-5-4-6-8-15)20-16(22)9-10-17(23)21-11-12-25-13-19(21,2)3/h4-8,14H,9-13H2,1-3H3,(H,20,22)/t14-/m0/s1. The normalized spacial score (nSPS) is 17.6. The molecule has 6 heteroatoms. The van der Waals surface area contributed by atoms with Gasteiger partial charge in [0.05, 0.1) is 24.8 Å². The third-order valence-electron chi connectivity index (χ3n) is 4.34. The van der Waals surface area contributed by atoms with Crippen molar-refractivity contribution in [3.63, 3.8) is 0 Å². The zero-order valence-electron chi connectivity index (χ0n) is 15.1. The maximum absolute atomic E-state index is 12.4. The number of ketones is 1. The molecule has 6 nitrogen and oxygen atoms in total. The summed E-state index contributed by atoms with van der Waals surface area (Å²) >= 11 is 0.